The van der Waals surface area contributed by atoms with Crippen LogP contribution in [0, 0.1) is 0 Å². The third-order valence-corrected chi connectivity index (χ3v) is 3.20. The molecular formula is C15H21BrN2O2. The van der Waals surface area contributed by atoms with Crippen LogP contribution in [-0.2, 0) is 4.79 Å². The molecule has 2 N–H and O–H groups in total. The largest absolute Gasteiger partial charge is 0.350 e. The van der Waals surface area contributed by atoms with Crippen LogP contribution in [0.5, 0.6) is 0 Å². The minimum atomic E-state index is -0.102. The summed E-state index contributed by atoms with van der Waals surface area (Å²) in [5.74, 6) is -0.0967. The summed E-state index contributed by atoms with van der Waals surface area (Å²) >= 11 is 3.34. The molecule has 1 aromatic rings. The zero-order valence-electron chi connectivity index (χ0n) is 11.9. The first kappa shape index (κ1) is 16.7. The number of anilines is 1. The predicted octanol–water partition coefficient (Wildman–Crippen LogP) is 3.33. The molecule has 4 nitrogen and oxygen atoms in total. The van der Waals surface area contributed by atoms with Crippen LogP contribution in [0.3, 0.4) is 0 Å². The number of halogens is 1. The minimum Gasteiger partial charge on any atom is -0.350 e. The van der Waals surface area contributed by atoms with Crippen LogP contribution >= 0.6 is 15.9 Å². The summed E-state index contributed by atoms with van der Waals surface area (Å²) in [6.45, 7) is 3.83. The summed E-state index contributed by atoms with van der Waals surface area (Å²) in [5.41, 5.74) is 1.31. The summed E-state index contributed by atoms with van der Waals surface area (Å²) in [6, 6.07) is 7.03. The molecule has 0 atom stereocenters. The van der Waals surface area contributed by atoms with Crippen molar-refractivity contribution in [1.29, 1.82) is 0 Å². The van der Waals surface area contributed by atoms with E-state index in [1.165, 1.54) is 0 Å². The lowest BCUT2D eigenvalue weighted by Gasteiger charge is -2.09. The van der Waals surface area contributed by atoms with Gasteiger partial charge in [0.1, 0.15) is 0 Å². The fourth-order valence-corrected chi connectivity index (χ4v) is 2.05. The van der Waals surface area contributed by atoms with E-state index in [2.05, 4.69) is 26.6 Å². The monoisotopic (exact) mass is 340 g/mol. The van der Waals surface area contributed by atoms with E-state index >= 15 is 0 Å². The van der Waals surface area contributed by atoms with Crippen molar-refractivity contribution >= 4 is 33.4 Å². The fraction of sp³-hybridized carbons (Fsp3) is 0.467. The second-order valence-electron chi connectivity index (χ2n) is 4.90. The lowest BCUT2D eigenvalue weighted by atomic mass is 10.1. The van der Waals surface area contributed by atoms with Gasteiger partial charge in [-0.15, -0.1) is 0 Å². The van der Waals surface area contributed by atoms with E-state index in [1.807, 2.05) is 13.8 Å². The highest BCUT2D eigenvalue weighted by molar-refractivity contribution is 9.09. The molecule has 20 heavy (non-hydrogen) atoms. The molecule has 0 radical (unpaired) electrons. The van der Waals surface area contributed by atoms with Gasteiger partial charge in [-0.05, 0) is 51.0 Å². The maximum absolute atomic E-state index is 11.8. The van der Waals surface area contributed by atoms with E-state index in [1.54, 1.807) is 24.3 Å². The third kappa shape index (κ3) is 6.19. The highest BCUT2D eigenvalue weighted by atomic mass is 79.9. The number of rotatable bonds is 7. The van der Waals surface area contributed by atoms with Crippen molar-refractivity contribution in [3.63, 3.8) is 0 Å². The maximum atomic E-state index is 11.8. The number of hydrogen-bond acceptors (Lipinski definition) is 2. The Kier molecular flexibility index (Phi) is 7.30. The first-order chi connectivity index (χ1) is 9.52. The van der Waals surface area contributed by atoms with Crippen molar-refractivity contribution in [2.75, 3.05) is 10.6 Å². The van der Waals surface area contributed by atoms with Crippen molar-refractivity contribution in [1.82, 2.24) is 5.32 Å². The van der Waals surface area contributed by atoms with E-state index in [0.717, 1.165) is 23.9 Å². The molecule has 0 spiro atoms. The molecule has 0 aromatic heterocycles. The molecule has 0 heterocycles. The van der Waals surface area contributed by atoms with E-state index in [0.29, 0.717) is 12.0 Å². The molecule has 0 saturated heterocycles. The van der Waals surface area contributed by atoms with Gasteiger partial charge < -0.3 is 10.6 Å². The molecule has 0 fully saturated rings. The first-order valence-corrected chi connectivity index (χ1v) is 7.92. The molecule has 0 bridgehead atoms. The van der Waals surface area contributed by atoms with Crippen LogP contribution in [0.25, 0.3) is 0 Å². The number of alkyl halides is 1. The molecule has 1 rings (SSSR count). The number of unbranched alkanes of at least 4 members (excludes halogenated alkanes) is 1. The lowest BCUT2D eigenvalue weighted by Crippen LogP contribution is -2.29. The van der Waals surface area contributed by atoms with Gasteiger partial charge in [0.05, 0.1) is 0 Å². The standard InChI is InChI=1S/C15H21BrN2O2/c1-11(2)17-15(20)12-6-8-13(9-7-12)18-14(19)5-3-4-10-16/h6-9,11H,3-5,10H2,1-2H3,(H,17,20)(H,18,19). The van der Waals surface area contributed by atoms with E-state index in [9.17, 15) is 9.59 Å². The number of carbonyl (C=O) groups is 2. The fourth-order valence-electron chi connectivity index (χ4n) is 1.65. The summed E-state index contributed by atoms with van der Waals surface area (Å²) < 4.78 is 0. The molecular weight excluding hydrogens is 320 g/mol. The molecule has 5 heteroatoms. The second-order valence-corrected chi connectivity index (χ2v) is 5.69. The van der Waals surface area contributed by atoms with Crippen molar-refractivity contribution in [3.8, 4) is 0 Å². The van der Waals surface area contributed by atoms with Crippen molar-refractivity contribution in [2.45, 2.75) is 39.2 Å². The maximum Gasteiger partial charge on any atom is 0.251 e. The molecule has 0 aliphatic carbocycles. The van der Waals surface area contributed by atoms with Crippen LogP contribution in [0.15, 0.2) is 24.3 Å². The predicted molar refractivity (Wildman–Crippen MR) is 85.3 cm³/mol. The average molecular weight is 341 g/mol. The van der Waals surface area contributed by atoms with E-state index < -0.39 is 0 Å². The number of amides is 2. The van der Waals surface area contributed by atoms with Crippen molar-refractivity contribution in [2.24, 2.45) is 0 Å². The van der Waals surface area contributed by atoms with Gasteiger partial charge in [0.2, 0.25) is 5.91 Å². The van der Waals surface area contributed by atoms with Gasteiger partial charge in [0.25, 0.3) is 5.91 Å². The zero-order valence-corrected chi connectivity index (χ0v) is 13.5. The molecule has 0 unspecified atom stereocenters. The Morgan fingerprint density at radius 3 is 2.35 bits per heavy atom. The van der Waals surface area contributed by atoms with Crippen LogP contribution < -0.4 is 10.6 Å². The van der Waals surface area contributed by atoms with Crippen LogP contribution in [0.1, 0.15) is 43.5 Å². The summed E-state index contributed by atoms with van der Waals surface area (Å²) in [6.07, 6.45) is 2.37. The topological polar surface area (TPSA) is 58.2 Å². The van der Waals surface area contributed by atoms with Gasteiger partial charge in [-0.25, -0.2) is 0 Å². The Balaban J connectivity index is 2.50. The first-order valence-electron chi connectivity index (χ1n) is 6.79. The Bertz CT molecular complexity index is 444. The molecule has 1 aromatic carbocycles. The van der Waals surface area contributed by atoms with E-state index in [-0.39, 0.29) is 17.9 Å². The molecule has 2 amide bonds. The molecule has 0 aliphatic rings. The molecule has 0 saturated carbocycles. The Hall–Kier alpha value is -1.36. The average Bonchev–Trinajstić information content (AvgIpc) is 2.39. The molecule has 110 valence electrons. The van der Waals surface area contributed by atoms with Gasteiger partial charge in [-0.2, -0.15) is 0 Å². The van der Waals surface area contributed by atoms with E-state index in [4.69, 9.17) is 0 Å². The van der Waals surface area contributed by atoms with Gasteiger partial charge >= 0.3 is 0 Å². The third-order valence-electron chi connectivity index (χ3n) is 2.64. The van der Waals surface area contributed by atoms with Crippen LogP contribution in [-0.4, -0.2) is 23.2 Å². The number of hydrogen-bond donors (Lipinski definition) is 2. The van der Waals surface area contributed by atoms with Crippen molar-refractivity contribution in [3.05, 3.63) is 29.8 Å². The van der Waals surface area contributed by atoms with Crippen LogP contribution in [0.4, 0.5) is 5.69 Å². The summed E-state index contributed by atoms with van der Waals surface area (Å²) in [4.78, 5) is 23.4. The Morgan fingerprint density at radius 2 is 1.80 bits per heavy atom. The van der Waals surface area contributed by atoms with Gasteiger partial charge in [0.15, 0.2) is 0 Å². The Labute approximate surface area is 128 Å². The smallest absolute Gasteiger partial charge is 0.251 e. The zero-order chi connectivity index (χ0) is 15.0. The van der Waals surface area contributed by atoms with Gasteiger partial charge in [-0.3, -0.25) is 9.59 Å². The SMILES string of the molecule is CC(C)NC(=O)c1ccc(NC(=O)CCCCBr)cc1. The van der Waals surface area contributed by atoms with Gasteiger partial charge in [-0.1, -0.05) is 15.9 Å². The minimum absolute atomic E-state index is 0.00494. The molecule has 0 aliphatic heterocycles. The summed E-state index contributed by atoms with van der Waals surface area (Å²) in [7, 11) is 0. The second kappa shape index (κ2) is 8.74. The lowest BCUT2D eigenvalue weighted by molar-refractivity contribution is -0.116. The number of nitrogens with one attached hydrogen (secondary N) is 2. The van der Waals surface area contributed by atoms with Gasteiger partial charge in [0, 0.05) is 29.0 Å². The number of carbonyl (C=O) groups excluding carboxylic acids is 2. The summed E-state index contributed by atoms with van der Waals surface area (Å²) in [5, 5.41) is 6.56. The quantitative estimate of drug-likeness (QED) is 0.590. The number of benzene rings is 1. The highest BCUT2D eigenvalue weighted by Gasteiger charge is 2.07. The van der Waals surface area contributed by atoms with Crippen molar-refractivity contribution < 1.29 is 9.59 Å². The van der Waals surface area contributed by atoms with Crippen LogP contribution in [0.2, 0.25) is 0 Å². The Morgan fingerprint density at radius 1 is 1.15 bits per heavy atom. The highest BCUT2D eigenvalue weighted by Crippen LogP contribution is 2.11. The normalized spacial score (nSPS) is 10.4.